The normalized spacial score (nSPS) is 10.7. The van der Waals surface area contributed by atoms with E-state index in [9.17, 15) is 4.79 Å². The lowest BCUT2D eigenvalue weighted by Gasteiger charge is -1.99. The minimum atomic E-state index is -0.917. The Morgan fingerprint density at radius 3 is 2.73 bits per heavy atom. The second-order valence-electron chi connectivity index (χ2n) is 5.83. The van der Waals surface area contributed by atoms with Gasteiger partial charge in [-0.25, -0.2) is 9.78 Å². The van der Waals surface area contributed by atoms with Crippen LogP contribution in [0.3, 0.4) is 0 Å². The molecule has 4 aromatic rings. The largest absolute Gasteiger partial charge is 0.478 e. The van der Waals surface area contributed by atoms with E-state index in [1.165, 1.54) is 0 Å². The number of aromatic amines is 1. The number of carbonyl (C=O) groups is 1. The quantitative estimate of drug-likeness (QED) is 0.451. The van der Waals surface area contributed by atoms with E-state index in [0.717, 1.165) is 33.2 Å². The van der Waals surface area contributed by atoms with Gasteiger partial charge >= 0.3 is 5.97 Å². The first-order valence-corrected chi connectivity index (χ1v) is 8.12. The van der Waals surface area contributed by atoms with Crippen molar-refractivity contribution in [3.63, 3.8) is 0 Å². The topological polar surface area (TPSA) is 117 Å². The van der Waals surface area contributed by atoms with Gasteiger partial charge in [-0.3, -0.25) is 0 Å². The number of H-pyrrole nitrogens is 1. The summed E-state index contributed by atoms with van der Waals surface area (Å²) >= 11 is 0. The van der Waals surface area contributed by atoms with Gasteiger partial charge in [-0.2, -0.15) is 0 Å². The molecular formula is C19H20N4O3. The van der Waals surface area contributed by atoms with Gasteiger partial charge in [-0.1, -0.05) is 6.07 Å². The van der Waals surface area contributed by atoms with Crippen molar-refractivity contribution in [2.45, 2.75) is 0 Å². The highest BCUT2D eigenvalue weighted by molar-refractivity contribution is 6.01. The van der Waals surface area contributed by atoms with E-state index in [1.807, 2.05) is 36.0 Å². The fourth-order valence-corrected chi connectivity index (χ4v) is 2.83. The van der Waals surface area contributed by atoms with Gasteiger partial charge in [0.15, 0.2) is 0 Å². The van der Waals surface area contributed by atoms with Crippen molar-refractivity contribution in [2.75, 3.05) is 13.2 Å². The number of pyridine rings is 1. The summed E-state index contributed by atoms with van der Waals surface area (Å²) < 4.78 is 1.94. The maximum atomic E-state index is 11.1. The third kappa shape index (κ3) is 3.30. The molecule has 0 radical (unpaired) electrons. The van der Waals surface area contributed by atoms with Gasteiger partial charge in [-0.05, 0) is 30.3 Å². The molecule has 1 aromatic carbocycles. The fourth-order valence-electron chi connectivity index (χ4n) is 2.83. The van der Waals surface area contributed by atoms with Crippen molar-refractivity contribution in [3.8, 4) is 11.3 Å². The molecule has 0 atom stereocenters. The van der Waals surface area contributed by atoms with E-state index in [4.69, 9.17) is 15.9 Å². The number of rotatable bonds is 3. The highest BCUT2D eigenvalue weighted by atomic mass is 16.4. The van der Waals surface area contributed by atoms with E-state index in [-0.39, 0.29) is 6.61 Å². The third-order valence-electron chi connectivity index (χ3n) is 4.05. The molecular weight excluding hydrogens is 332 g/mol. The lowest BCUT2D eigenvalue weighted by Crippen LogP contribution is -2.02. The number of benzene rings is 1. The van der Waals surface area contributed by atoms with Crippen LogP contribution in [0.1, 0.15) is 10.4 Å². The highest BCUT2D eigenvalue weighted by Gasteiger charge is 2.13. The van der Waals surface area contributed by atoms with E-state index < -0.39 is 5.97 Å². The van der Waals surface area contributed by atoms with Crippen LogP contribution in [0, 0.1) is 0 Å². The van der Waals surface area contributed by atoms with E-state index >= 15 is 0 Å². The van der Waals surface area contributed by atoms with Crippen LogP contribution >= 0.6 is 0 Å². The summed E-state index contributed by atoms with van der Waals surface area (Å²) in [5, 5.41) is 18.9. The zero-order chi connectivity index (χ0) is 18.7. The predicted octanol–water partition coefficient (Wildman–Crippen LogP) is 2.36. The molecule has 3 aromatic heterocycles. The number of carboxylic acid groups (broad SMARTS) is 1. The van der Waals surface area contributed by atoms with Crippen LogP contribution in [-0.4, -0.2) is 43.9 Å². The molecule has 0 saturated carbocycles. The smallest absolute Gasteiger partial charge is 0.335 e. The Kier molecular flexibility index (Phi) is 5.01. The van der Waals surface area contributed by atoms with E-state index in [2.05, 4.69) is 16.0 Å². The van der Waals surface area contributed by atoms with Crippen LogP contribution in [0.2, 0.25) is 0 Å². The molecule has 0 spiro atoms. The van der Waals surface area contributed by atoms with E-state index in [1.54, 1.807) is 18.3 Å². The number of aryl methyl sites for hydroxylation is 1. The first-order chi connectivity index (χ1) is 12.5. The number of aromatic nitrogens is 3. The van der Waals surface area contributed by atoms with Crippen LogP contribution < -0.4 is 5.73 Å². The monoisotopic (exact) mass is 352 g/mol. The van der Waals surface area contributed by atoms with Gasteiger partial charge in [0.1, 0.15) is 5.65 Å². The number of nitrogens with one attached hydrogen (secondary N) is 1. The summed E-state index contributed by atoms with van der Waals surface area (Å²) in [5.74, 6) is -0.917. The lowest BCUT2D eigenvalue weighted by molar-refractivity contribution is 0.0697. The molecule has 0 aliphatic rings. The SMILES string of the molecule is Cn1cc(-c2cc3cccnc3[nH]2)c2ccc(C(=O)O)cc21.NCCO. The lowest BCUT2D eigenvalue weighted by atomic mass is 10.1. The van der Waals surface area contributed by atoms with Crippen molar-refractivity contribution >= 4 is 27.9 Å². The Labute approximate surface area is 149 Å². The van der Waals surface area contributed by atoms with Crippen molar-refractivity contribution in [1.29, 1.82) is 0 Å². The number of nitrogens with zero attached hydrogens (tertiary/aromatic N) is 2. The predicted molar refractivity (Wildman–Crippen MR) is 101 cm³/mol. The van der Waals surface area contributed by atoms with Crippen LogP contribution in [-0.2, 0) is 7.05 Å². The zero-order valence-electron chi connectivity index (χ0n) is 14.3. The second-order valence-corrected chi connectivity index (χ2v) is 5.83. The molecule has 7 nitrogen and oxygen atoms in total. The fraction of sp³-hybridized carbons (Fsp3) is 0.158. The molecule has 0 fully saturated rings. The molecule has 0 bridgehead atoms. The number of carboxylic acids is 1. The average Bonchev–Trinajstić information content (AvgIpc) is 3.22. The van der Waals surface area contributed by atoms with Crippen molar-refractivity contribution in [1.82, 2.24) is 14.5 Å². The zero-order valence-corrected chi connectivity index (χ0v) is 14.3. The van der Waals surface area contributed by atoms with Crippen molar-refractivity contribution < 1.29 is 15.0 Å². The minimum Gasteiger partial charge on any atom is -0.478 e. The minimum absolute atomic E-state index is 0.0972. The summed E-state index contributed by atoms with van der Waals surface area (Å²) in [6.07, 6.45) is 3.76. The molecule has 134 valence electrons. The van der Waals surface area contributed by atoms with Crippen molar-refractivity contribution in [2.24, 2.45) is 12.8 Å². The molecule has 26 heavy (non-hydrogen) atoms. The van der Waals surface area contributed by atoms with Crippen LogP contribution in [0.15, 0.2) is 48.8 Å². The maximum Gasteiger partial charge on any atom is 0.335 e. The molecule has 0 saturated heterocycles. The maximum absolute atomic E-state index is 11.1. The first kappa shape index (κ1) is 17.7. The summed E-state index contributed by atoms with van der Waals surface area (Å²) in [6, 6.07) is 11.2. The standard InChI is InChI=1S/C17H13N3O2.C2H7NO/c1-20-9-13(12-5-4-11(17(21)22)8-15(12)20)14-7-10-3-2-6-18-16(10)19-14;3-1-2-4/h2-9H,1H3,(H,18,19)(H,21,22);4H,1-3H2. The van der Waals surface area contributed by atoms with Gasteiger partial charge in [0.2, 0.25) is 0 Å². The summed E-state index contributed by atoms with van der Waals surface area (Å²) in [7, 11) is 1.92. The number of aromatic carboxylic acids is 1. The highest BCUT2D eigenvalue weighted by Crippen LogP contribution is 2.31. The number of hydrogen-bond donors (Lipinski definition) is 4. The van der Waals surface area contributed by atoms with Gasteiger partial charge in [0.05, 0.1) is 12.2 Å². The van der Waals surface area contributed by atoms with Crippen LogP contribution in [0.4, 0.5) is 0 Å². The molecule has 5 N–H and O–H groups in total. The summed E-state index contributed by atoms with van der Waals surface area (Å²) in [6.45, 7) is 0.472. The number of aliphatic hydroxyl groups excluding tert-OH is 1. The van der Waals surface area contributed by atoms with Gasteiger partial charge in [0, 0.05) is 53.5 Å². The van der Waals surface area contributed by atoms with Gasteiger partial charge in [0.25, 0.3) is 0 Å². The molecule has 7 heteroatoms. The first-order valence-electron chi connectivity index (χ1n) is 8.12. The molecule has 0 unspecified atom stereocenters. The van der Waals surface area contributed by atoms with Gasteiger partial charge in [-0.15, -0.1) is 0 Å². The average molecular weight is 352 g/mol. The van der Waals surface area contributed by atoms with Crippen LogP contribution in [0.25, 0.3) is 33.2 Å². The Bertz CT molecular complexity index is 1030. The van der Waals surface area contributed by atoms with E-state index in [0.29, 0.717) is 12.1 Å². The molecule has 4 rings (SSSR count). The molecule has 0 aliphatic heterocycles. The summed E-state index contributed by atoms with van der Waals surface area (Å²) in [4.78, 5) is 18.8. The number of nitrogens with two attached hydrogens (primary N) is 1. The van der Waals surface area contributed by atoms with Crippen LogP contribution in [0.5, 0.6) is 0 Å². The number of aliphatic hydroxyl groups is 1. The van der Waals surface area contributed by atoms with Crippen molar-refractivity contribution in [3.05, 3.63) is 54.4 Å². The molecule has 3 heterocycles. The number of fused-ring (bicyclic) bond motifs is 2. The third-order valence-corrected chi connectivity index (χ3v) is 4.05. The van der Waals surface area contributed by atoms with Gasteiger partial charge < -0.3 is 25.5 Å². The molecule has 0 amide bonds. The Hall–Kier alpha value is -3.16. The Morgan fingerprint density at radius 2 is 2.08 bits per heavy atom. The number of hydrogen-bond acceptors (Lipinski definition) is 4. The Balaban J connectivity index is 0.000000447. The second kappa shape index (κ2) is 7.38. The Morgan fingerprint density at radius 1 is 1.31 bits per heavy atom. The summed E-state index contributed by atoms with van der Waals surface area (Å²) in [5.41, 5.74) is 8.81. The molecule has 0 aliphatic carbocycles.